The van der Waals surface area contributed by atoms with Gasteiger partial charge >= 0.3 is 0 Å². The van der Waals surface area contributed by atoms with Gasteiger partial charge in [0.1, 0.15) is 5.75 Å². The average molecular weight is 437 g/mol. The van der Waals surface area contributed by atoms with Crippen LogP contribution in [0.25, 0.3) is 10.8 Å². The molecule has 1 aromatic heterocycles. The lowest BCUT2D eigenvalue weighted by atomic mass is 9.87. The fraction of sp³-hybridized carbons (Fsp3) is 0.333. The summed E-state index contributed by atoms with van der Waals surface area (Å²) >= 11 is 0. The summed E-state index contributed by atoms with van der Waals surface area (Å²) < 4.78 is 6.78. The van der Waals surface area contributed by atoms with Crippen LogP contribution in [0.2, 0.25) is 0 Å². The molecular weight excluding hydrogens is 408 g/mol. The van der Waals surface area contributed by atoms with E-state index in [0.29, 0.717) is 23.8 Å². The molecule has 0 aliphatic rings. The highest BCUT2D eigenvalue weighted by molar-refractivity contribution is 6.05. The molecule has 0 unspecified atom stereocenters. The van der Waals surface area contributed by atoms with Crippen molar-refractivity contribution >= 4 is 22.6 Å². The average Bonchev–Trinajstić information content (AvgIpc) is 2.77. The fourth-order valence-corrected chi connectivity index (χ4v) is 3.19. The SMILES string of the molecule is Cn1nc(C(=O)NNC(=O)CCCOc2ccc(C(C)(C)C)cc2)c2ccccc2c1=O. The summed E-state index contributed by atoms with van der Waals surface area (Å²) in [7, 11) is 1.47. The Labute approximate surface area is 186 Å². The maximum Gasteiger partial charge on any atom is 0.290 e. The number of hydrogen-bond acceptors (Lipinski definition) is 5. The molecule has 2 N–H and O–H groups in total. The smallest absolute Gasteiger partial charge is 0.290 e. The second-order valence-electron chi connectivity index (χ2n) is 8.55. The number of aryl methyl sites for hydroxylation is 1. The van der Waals surface area contributed by atoms with E-state index < -0.39 is 5.91 Å². The van der Waals surface area contributed by atoms with E-state index in [9.17, 15) is 14.4 Å². The third kappa shape index (κ3) is 5.51. The van der Waals surface area contributed by atoms with Crippen LogP contribution in [0.4, 0.5) is 0 Å². The van der Waals surface area contributed by atoms with Crippen molar-refractivity contribution < 1.29 is 14.3 Å². The van der Waals surface area contributed by atoms with Crippen LogP contribution in [0, 0.1) is 0 Å². The van der Waals surface area contributed by atoms with Gasteiger partial charge in [0, 0.05) is 18.9 Å². The monoisotopic (exact) mass is 436 g/mol. The molecule has 0 spiro atoms. The standard InChI is InChI=1S/C24H28N4O4/c1-24(2,3)16-11-13-17(14-12-16)32-15-7-10-20(29)25-26-22(30)21-18-8-5-6-9-19(18)23(31)28(4)27-21/h5-6,8-9,11-14H,7,10,15H2,1-4H3,(H,25,29)(H,26,30). The lowest BCUT2D eigenvalue weighted by Gasteiger charge is -2.19. The van der Waals surface area contributed by atoms with Crippen molar-refractivity contribution in [2.45, 2.75) is 39.0 Å². The molecule has 1 heterocycles. The minimum atomic E-state index is -0.597. The number of fused-ring (bicyclic) bond motifs is 1. The first-order chi connectivity index (χ1) is 15.2. The number of nitrogens with zero attached hydrogens (tertiary/aromatic N) is 2. The van der Waals surface area contributed by atoms with Gasteiger partial charge in [-0.2, -0.15) is 5.10 Å². The van der Waals surface area contributed by atoms with Gasteiger partial charge in [-0.3, -0.25) is 25.2 Å². The molecule has 32 heavy (non-hydrogen) atoms. The Morgan fingerprint density at radius 3 is 2.31 bits per heavy atom. The summed E-state index contributed by atoms with van der Waals surface area (Å²) in [4.78, 5) is 36.8. The van der Waals surface area contributed by atoms with Crippen molar-refractivity contribution in [3.63, 3.8) is 0 Å². The van der Waals surface area contributed by atoms with Gasteiger partial charge < -0.3 is 4.74 Å². The predicted octanol–water partition coefficient (Wildman–Crippen LogP) is 2.85. The lowest BCUT2D eigenvalue weighted by molar-refractivity contribution is -0.122. The molecule has 0 aliphatic carbocycles. The van der Waals surface area contributed by atoms with Gasteiger partial charge in [0.05, 0.1) is 12.0 Å². The van der Waals surface area contributed by atoms with Crippen LogP contribution in [0.5, 0.6) is 5.75 Å². The predicted molar refractivity (Wildman–Crippen MR) is 122 cm³/mol. The van der Waals surface area contributed by atoms with E-state index in [2.05, 4.69) is 36.7 Å². The van der Waals surface area contributed by atoms with Gasteiger partial charge in [-0.05, 0) is 35.6 Å². The normalized spacial score (nSPS) is 11.2. The molecule has 0 saturated carbocycles. The Kier molecular flexibility index (Phi) is 6.92. The van der Waals surface area contributed by atoms with Gasteiger partial charge in [-0.15, -0.1) is 0 Å². The van der Waals surface area contributed by atoms with E-state index in [1.807, 2.05) is 24.3 Å². The molecule has 0 bridgehead atoms. The minimum absolute atomic E-state index is 0.0602. The van der Waals surface area contributed by atoms with Crippen molar-refractivity contribution in [2.24, 2.45) is 7.05 Å². The first kappa shape index (κ1) is 23.0. The molecule has 8 nitrogen and oxygen atoms in total. The van der Waals surface area contributed by atoms with Crippen LogP contribution in [-0.4, -0.2) is 28.2 Å². The lowest BCUT2D eigenvalue weighted by Crippen LogP contribution is -2.42. The number of amides is 2. The number of carbonyl (C=O) groups excluding carboxylic acids is 2. The summed E-state index contributed by atoms with van der Waals surface area (Å²) in [5.41, 5.74) is 5.81. The Morgan fingerprint density at radius 1 is 1.00 bits per heavy atom. The zero-order valence-electron chi connectivity index (χ0n) is 18.8. The number of hydrogen-bond donors (Lipinski definition) is 2. The summed E-state index contributed by atoms with van der Waals surface area (Å²) in [6.07, 6.45) is 0.672. The Bertz CT molecular complexity index is 1180. The van der Waals surface area contributed by atoms with Crippen molar-refractivity contribution in [1.29, 1.82) is 0 Å². The van der Waals surface area contributed by atoms with Crippen LogP contribution in [0.15, 0.2) is 53.3 Å². The maximum absolute atomic E-state index is 12.5. The number of hydrazine groups is 1. The summed E-state index contributed by atoms with van der Waals surface area (Å²) in [5.74, 6) is -0.196. The largest absolute Gasteiger partial charge is 0.494 e. The highest BCUT2D eigenvalue weighted by Crippen LogP contribution is 2.24. The maximum atomic E-state index is 12.5. The van der Waals surface area contributed by atoms with Gasteiger partial charge in [0.15, 0.2) is 5.69 Å². The van der Waals surface area contributed by atoms with Crippen LogP contribution >= 0.6 is 0 Å². The summed E-state index contributed by atoms with van der Waals surface area (Å²) in [6, 6.07) is 14.6. The molecule has 3 rings (SSSR count). The molecular formula is C24H28N4O4. The number of benzene rings is 2. The van der Waals surface area contributed by atoms with E-state index in [4.69, 9.17) is 4.74 Å². The molecule has 2 aromatic carbocycles. The fourth-order valence-electron chi connectivity index (χ4n) is 3.19. The van der Waals surface area contributed by atoms with Crippen molar-refractivity contribution in [2.75, 3.05) is 6.61 Å². The van der Waals surface area contributed by atoms with E-state index >= 15 is 0 Å². The number of ether oxygens (including phenoxy) is 1. The molecule has 8 heteroatoms. The van der Waals surface area contributed by atoms with Gasteiger partial charge in [0.2, 0.25) is 5.91 Å². The Morgan fingerprint density at radius 2 is 1.66 bits per heavy atom. The zero-order valence-corrected chi connectivity index (χ0v) is 18.8. The van der Waals surface area contributed by atoms with Gasteiger partial charge in [-0.1, -0.05) is 51.1 Å². The first-order valence-electron chi connectivity index (χ1n) is 10.5. The topological polar surface area (TPSA) is 102 Å². The van der Waals surface area contributed by atoms with Gasteiger partial charge in [-0.25, -0.2) is 4.68 Å². The van der Waals surface area contributed by atoms with Crippen LogP contribution in [0.3, 0.4) is 0 Å². The molecule has 168 valence electrons. The van der Waals surface area contributed by atoms with Crippen LogP contribution in [0.1, 0.15) is 49.7 Å². The number of aromatic nitrogens is 2. The van der Waals surface area contributed by atoms with E-state index in [0.717, 1.165) is 10.4 Å². The first-order valence-corrected chi connectivity index (χ1v) is 10.5. The quantitative estimate of drug-likeness (QED) is 0.457. The highest BCUT2D eigenvalue weighted by Gasteiger charge is 2.16. The van der Waals surface area contributed by atoms with Crippen molar-refractivity contribution in [3.05, 3.63) is 70.1 Å². The molecule has 0 radical (unpaired) electrons. The van der Waals surface area contributed by atoms with E-state index in [-0.39, 0.29) is 29.0 Å². The van der Waals surface area contributed by atoms with E-state index in [1.54, 1.807) is 24.3 Å². The van der Waals surface area contributed by atoms with E-state index in [1.165, 1.54) is 12.6 Å². The zero-order chi connectivity index (χ0) is 23.3. The summed E-state index contributed by atoms with van der Waals surface area (Å²) in [5, 5.41) is 4.84. The highest BCUT2D eigenvalue weighted by atomic mass is 16.5. The molecule has 0 aliphatic heterocycles. The second kappa shape index (κ2) is 9.64. The molecule has 0 fully saturated rings. The number of carbonyl (C=O) groups is 2. The summed E-state index contributed by atoms with van der Waals surface area (Å²) in [6.45, 7) is 6.83. The molecule has 0 atom stereocenters. The Balaban J connectivity index is 1.47. The van der Waals surface area contributed by atoms with Crippen LogP contribution in [-0.2, 0) is 17.3 Å². The Hall–Kier alpha value is -3.68. The molecule has 2 amide bonds. The van der Waals surface area contributed by atoms with Crippen molar-refractivity contribution in [1.82, 2.24) is 20.6 Å². The molecule has 0 saturated heterocycles. The number of rotatable bonds is 6. The third-order valence-electron chi connectivity index (χ3n) is 5.02. The second-order valence-corrected chi connectivity index (χ2v) is 8.55. The third-order valence-corrected chi connectivity index (χ3v) is 5.02. The van der Waals surface area contributed by atoms with Gasteiger partial charge in [0.25, 0.3) is 11.5 Å². The minimum Gasteiger partial charge on any atom is -0.494 e. The number of nitrogens with one attached hydrogen (secondary N) is 2. The van der Waals surface area contributed by atoms with Crippen molar-refractivity contribution in [3.8, 4) is 5.75 Å². The molecule has 3 aromatic rings. The van der Waals surface area contributed by atoms with Crippen LogP contribution < -0.4 is 21.1 Å².